The summed E-state index contributed by atoms with van der Waals surface area (Å²) in [5.41, 5.74) is 1.93. The molecule has 1 heterocycles. The van der Waals surface area contributed by atoms with Crippen LogP contribution in [0, 0.1) is 5.92 Å². The SMILES string of the molecule is CON=C(C)C1(Br)C(=O)N(c2ccc(Br)cc2)N=C1C(C)C. The van der Waals surface area contributed by atoms with Gasteiger partial charge in [0, 0.05) is 4.47 Å². The van der Waals surface area contributed by atoms with Crippen LogP contribution in [-0.2, 0) is 9.63 Å². The van der Waals surface area contributed by atoms with Crippen LogP contribution in [0.4, 0.5) is 5.69 Å². The highest BCUT2D eigenvalue weighted by Crippen LogP contribution is 2.37. The topological polar surface area (TPSA) is 54.3 Å². The number of nitrogens with zero attached hydrogens (tertiary/aromatic N) is 3. The standard InChI is InChI=1S/C15H17Br2N3O2/c1-9(2)13-15(17,10(3)19-22-4)14(21)20(18-13)12-7-5-11(16)6-8-12/h5-9H,1-4H3. The molecule has 22 heavy (non-hydrogen) atoms. The fourth-order valence-electron chi connectivity index (χ4n) is 2.29. The molecule has 0 aliphatic carbocycles. The molecule has 0 radical (unpaired) electrons. The van der Waals surface area contributed by atoms with Crippen molar-refractivity contribution < 1.29 is 9.63 Å². The molecule has 1 amide bonds. The lowest BCUT2D eigenvalue weighted by atomic mass is 9.90. The van der Waals surface area contributed by atoms with Crippen LogP contribution in [0.5, 0.6) is 0 Å². The Kier molecular flexibility index (Phi) is 5.07. The van der Waals surface area contributed by atoms with E-state index in [2.05, 4.69) is 42.1 Å². The molecule has 0 aromatic heterocycles. The normalized spacial score (nSPS) is 22.3. The summed E-state index contributed by atoms with van der Waals surface area (Å²) in [6.07, 6.45) is 0. The number of benzene rings is 1. The lowest BCUT2D eigenvalue weighted by Crippen LogP contribution is -2.48. The van der Waals surface area contributed by atoms with Crippen LogP contribution in [0.2, 0.25) is 0 Å². The van der Waals surface area contributed by atoms with Crippen LogP contribution in [-0.4, -0.2) is 28.8 Å². The first-order valence-electron chi connectivity index (χ1n) is 6.78. The Morgan fingerprint density at radius 3 is 2.45 bits per heavy atom. The average molecular weight is 431 g/mol. The van der Waals surface area contributed by atoms with Gasteiger partial charge in [-0.3, -0.25) is 4.79 Å². The zero-order chi connectivity index (χ0) is 16.5. The van der Waals surface area contributed by atoms with E-state index < -0.39 is 4.32 Å². The van der Waals surface area contributed by atoms with Crippen LogP contribution < -0.4 is 5.01 Å². The van der Waals surface area contributed by atoms with E-state index in [9.17, 15) is 4.79 Å². The van der Waals surface area contributed by atoms with Gasteiger partial charge in [-0.15, -0.1) is 0 Å². The Balaban J connectivity index is 2.51. The second-order valence-electron chi connectivity index (χ2n) is 5.25. The highest BCUT2D eigenvalue weighted by Gasteiger charge is 2.53. The third kappa shape index (κ3) is 2.84. The average Bonchev–Trinajstić information content (AvgIpc) is 2.74. The quantitative estimate of drug-likeness (QED) is 0.412. The van der Waals surface area contributed by atoms with Gasteiger partial charge in [0.25, 0.3) is 5.91 Å². The minimum absolute atomic E-state index is 0.0748. The van der Waals surface area contributed by atoms with Gasteiger partial charge in [-0.2, -0.15) is 10.1 Å². The van der Waals surface area contributed by atoms with Crippen LogP contribution in [0.15, 0.2) is 39.0 Å². The van der Waals surface area contributed by atoms with Gasteiger partial charge in [-0.1, -0.05) is 50.9 Å². The van der Waals surface area contributed by atoms with E-state index in [1.54, 1.807) is 6.92 Å². The number of carbonyl (C=O) groups is 1. The largest absolute Gasteiger partial charge is 0.399 e. The summed E-state index contributed by atoms with van der Waals surface area (Å²) in [4.78, 5) is 17.8. The van der Waals surface area contributed by atoms with Crippen molar-refractivity contribution in [3.05, 3.63) is 28.7 Å². The van der Waals surface area contributed by atoms with E-state index in [1.807, 2.05) is 38.1 Å². The van der Waals surface area contributed by atoms with Crippen LogP contribution in [0.3, 0.4) is 0 Å². The molecule has 7 heteroatoms. The Morgan fingerprint density at radius 1 is 1.36 bits per heavy atom. The first kappa shape index (κ1) is 17.1. The molecule has 1 aliphatic rings. The van der Waals surface area contributed by atoms with Crippen LogP contribution >= 0.6 is 31.9 Å². The molecular formula is C15H17Br2N3O2. The molecule has 1 aromatic rings. The molecule has 0 fully saturated rings. The fourth-order valence-corrected chi connectivity index (χ4v) is 3.33. The van der Waals surface area contributed by atoms with Gasteiger partial charge < -0.3 is 4.84 Å². The number of carbonyl (C=O) groups excluding carboxylic acids is 1. The molecule has 1 aliphatic heterocycles. The van der Waals surface area contributed by atoms with Crippen molar-refractivity contribution in [1.29, 1.82) is 0 Å². The van der Waals surface area contributed by atoms with Crippen LogP contribution in [0.1, 0.15) is 20.8 Å². The maximum Gasteiger partial charge on any atom is 0.276 e. The van der Waals surface area contributed by atoms with Gasteiger partial charge in [0.1, 0.15) is 7.11 Å². The molecule has 0 bridgehead atoms. The first-order valence-corrected chi connectivity index (χ1v) is 8.37. The zero-order valence-corrected chi connectivity index (χ0v) is 16.0. The van der Waals surface area contributed by atoms with E-state index in [1.165, 1.54) is 12.1 Å². The molecule has 1 atom stereocenters. The lowest BCUT2D eigenvalue weighted by Gasteiger charge is -2.23. The molecule has 0 spiro atoms. The van der Waals surface area contributed by atoms with E-state index in [4.69, 9.17) is 4.84 Å². The van der Waals surface area contributed by atoms with Gasteiger partial charge in [0.05, 0.1) is 17.1 Å². The number of oxime groups is 1. The predicted molar refractivity (Wildman–Crippen MR) is 95.7 cm³/mol. The fraction of sp³-hybridized carbons (Fsp3) is 0.400. The third-order valence-corrected chi connectivity index (χ3v) is 5.24. The summed E-state index contributed by atoms with van der Waals surface area (Å²) in [5, 5.41) is 9.87. The van der Waals surface area contributed by atoms with Crippen molar-refractivity contribution in [2.75, 3.05) is 12.1 Å². The molecule has 0 saturated carbocycles. The smallest absolute Gasteiger partial charge is 0.276 e. The monoisotopic (exact) mass is 429 g/mol. The molecule has 0 saturated heterocycles. The summed E-state index contributed by atoms with van der Waals surface area (Å²) >= 11 is 6.94. The number of hydrogen-bond donors (Lipinski definition) is 0. The highest BCUT2D eigenvalue weighted by atomic mass is 79.9. The van der Waals surface area contributed by atoms with Crippen molar-refractivity contribution >= 4 is 54.9 Å². The third-order valence-electron chi connectivity index (χ3n) is 3.39. The van der Waals surface area contributed by atoms with E-state index in [0.717, 1.165) is 4.47 Å². The van der Waals surface area contributed by atoms with Gasteiger partial charge in [0.15, 0.2) is 4.32 Å². The van der Waals surface area contributed by atoms with E-state index in [-0.39, 0.29) is 11.8 Å². The maximum absolute atomic E-state index is 13.0. The van der Waals surface area contributed by atoms with Gasteiger partial charge in [-0.25, -0.2) is 0 Å². The molecule has 0 N–H and O–H groups in total. The Morgan fingerprint density at radius 2 is 1.95 bits per heavy atom. The van der Waals surface area contributed by atoms with Crippen molar-refractivity contribution in [2.45, 2.75) is 25.1 Å². The number of alkyl halides is 1. The number of halogens is 2. The number of anilines is 1. The molecule has 1 aromatic carbocycles. The molecule has 5 nitrogen and oxygen atoms in total. The minimum Gasteiger partial charge on any atom is -0.399 e. The number of hydrazone groups is 1. The van der Waals surface area contributed by atoms with Crippen molar-refractivity contribution in [3.8, 4) is 0 Å². The highest BCUT2D eigenvalue weighted by molar-refractivity contribution is 9.11. The molecule has 2 rings (SSSR count). The van der Waals surface area contributed by atoms with Gasteiger partial charge in [-0.05, 0) is 37.1 Å². The van der Waals surface area contributed by atoms with Gasteiger partial charge >= 0.3 is 0 Å². The van der Waals surface area contributed by atoms with E-state index >= 15 is 0 Å². The summed E-state index contributed by atoms with van der Waals surface area (Å²) in [5.74, 6) is -0.123. The number of amides is 1. The Labute approximate surface area is 146 Å². The van der Waals surface area contributed by atoms with Crippen molar-refractivity contribution in [3.63, 3.8) is 0 Å². The van der Waals surface area contributed by atoms with Crippen molar-refractivity contribution in [2.24, 2.45) is 16.2 Å². The summed E-state index contributed by atoms with van der Waals surface area (Å²) in [7, 11) is 1.46. The molecule has 1 unspecified atom stereocenters. The zero-order valence-electron chi connectivity index (χ0n) is 12.8. The predicted octanol–water partition coefficient (Wildman–Crippen LogP) is 3.96. The molecule has 118 valence electrons. The first-order chi connectivity index (χ1) is 10.3. The Hall–Kier alpha value is -1.21. The summed E-state index contributed by atoms with van der Waals surface area (Å²) in [6, 6.07) is 7.42. The second kappa shape index (κ2) is 6.50. The number of rotatable bonds is 4. The maximum atomic E-state index is 13.0. The Bertz CT molecular complexity index is 641. The summed E-state index contributed by atoms with van der Waals surface area (Å²) in [6.45, 7) is 5.74. The van der Waals surface area contributed by atoms with Gasteiger partial charge in [0.2, 0.25) is 0 Å². The minimum atomic E-state index is -1.07. The van der Waals surface area contributed by atoms with Crippen molar-refractivity contribution in [1.82, 2.24) is 0 Å². The molecular weight excluding hydrogens is 414 g/mol. The van der Waals surface area contributed by atoms with Crippen LogP contribution in [0.25, 0.3) is 0 Å². The summed E-state index contributed by atoms with van der Waals surface area (Å²) < 4.78 is -0.122. The lowest BCUT2D eigenvalue weighted by molar-refractivity contribution is -0.117. The number of hydrogen-bond acceptors (Lipinski definition) is 4. The van der Waals surface area contributed by atoms with E-state index in [0.29, 0.717) is 17.1 Å². The second-order valence-corrected chi connectivity index (χ2v) is 7.36.